The fourth-order valence-electron chi connectivity index (χ4n) is 3.38. The molecule has 0 aromatic heterocycles. The number of benzene rings is 2. The summed E-state index contributed by atoms with van der Waals surface area (Å²) >= 11 is 0. The molecule has 6 heteroatoms. The number of ether oxygens (including phenoxy) is 1. The van der Waals surface area contributed by atoms with Crippen molar-refractivity contribution < 1.29 is 14.3 Å². The second kappa shape index (κ2) is 8.22. The first-order chi connectivity index (χ1) is 13.0. The number of urea groups is 1. The number of amides is 2. The monoisotopic (exact) mass is 367 g/mol. The van der Waals surface area contributed by atoms with E-state index in [0.29, 0.717) is 31.0 Å². The van der Waals surface area contributed by atoms with Gasteiger partial charge in [0.1, 0.15) is 0 Å². The zero-order valence-electron chi connectivity index (χ0n) is 15.9. The molecule has 2 aromatic rings. The molecule has 6 nitrogen and oxygen atoms in total. The van der Waals surface area contributed by atoms with Crippen molar-refractivity contribution in [2.75, 3.05) is 20.2 Å². The van der Waals surface area contributed by atoms with Crippen molar-refractivity contribution >= 4 is 22.8 Å². The maximum absolute atomic E-state index is 12.3. The maximum atomic E-state index is 12.3. The number of fused-ring (bicyclic) bond motifs is 1. The zero-order valence-corrected chi connectivity index (χ0v) is 15.9. The molecular formula is C21H25N3O3. The van der Waals surface area contributed by atoms with Crippen molar-refractivity contribution in [2.24, 2.45) is 0 Å². The van der Waals surface area contributed by atoms with E-state index >= 15 is 0 Å². The Morgan fingerprint density at radius 3 is 2.63 bits per heavy atom. The Morgan fingerprint density at radius 2 is 1.89 bits per heavy atom. The Morgan fingerprint density at radius 1 is 1.15 bits per heavy atom. The van der Waals surface area contributed by atoms with Crippen LogP contribution in [0.5, 0.6) is 0 Å². The fourth-order valence-corrected chi connectivity index (χ4v) is 3.38. The molecule has 2 N–H and O–H groups in total. The lowest BCUT2D eigenvalue weighted by Gasteiger charge is -2.29. The predicted octanol–water partition coefficient (Wildman–Crippen LogP) is 2.79. The molecule has 2 aromatic carbocycles. The molecule has 1 heterocycles. The fraction of sp³-hybridized carbons (Fsp3) is 0.333. The lowest BCUT2D eigenvalue weighted by molar-refractivity contribution is -0.139. The van der Waals surface area contributed by atoms with Gasteiger partial charge in [0.15, 0.2) is 0 Å². The molecule has 142 valence electrons. The number of carbonyl (C=O) groups excluding carboxylic acids is 2. The summed E-state index contributed by atoms with van der Waals surface area (Å²) in [4.78, 5) is 26.3. The van der Waals surface area contributed by atoms with Crippen LogP contribution in [0.25, 0.3) is 10.8 Å². The first-order valence-electron chi connectivity index (χ1n) is 9.12. The Bertz CT molecular complexity index is 891. The van der Waals surface area contributed by atoms with Gasteiger partial charge >= 0.3 is 12.0 Å². The van der Waals surface area contributed by atoms with Crippen LogP contribution in [0.3, 0.4) is 0 Å². The van der Waals surface area contributed by atoms with Crippen molar-refractivity contribution in [1.29, 1.82) is 0 Å². The van der Waals surface area contributed by atoms with Gasteiger partial charge in [0.2, 0.25) is 0 Å². The maximum Gasteiger partial charge on any atom is 0.337 e. The molecule has 0 bridgehead atoms. The van der Waals surface area contributed by atoms with Gasteiger partial charge in [-0.15, -0.1) is 0 Å². The number of rotatable bonds is 6. The van der Waals surface area contributed by atoms with Gasteiger partial charge in [-0.05, 0) is 43.3 Å². The summed E-state index contributed by atoms with van der Waals surface area (Å²) in [5, 5.41) is 7.88. The third kappa shape index (κ3) is 4.46. The summed E-state index contributed by atoms with van der Waals surface area (Å²) < 4.78 is 5.16. The van der Waals surface area contributed by atoms with E-state index in [0.717, 1.165) is 0 Å². The number of carbonyl (C=O) groups is 2. The molecule has 0 aliphatic carbocycles. The van der Waals surface area contributed by atoms with Crippen LogP contribution < -0.4 is 10.6 Å². The van der Waals surface area contributed by atoms with E-state index in [2.05, 4.69) is 45.9 Å². The van der Waals surface area contributed by atoms with Crippen molar-refractivity contribution in [3.05, 3.63) is 59.3 Å². The lowest BCUT2D eigenvalue weighted by Crippen LogP contribution is -2.51. The summed E-state index contributed by atoms with van der Waals surface area (Å²) in [5.41, 5.74) is 2.23. The van der Waals surface area contributed by atoms with Gasteiger partial charge in [-0.3, -0.25) is 4.90 Å². The molecule has 0 radical (unpaired) electrons. The van der Waals surface area contributed by atoms with Crippen molar-refractivity contribution in [1.82, 2.24) is 15.5 Å². The topological polar surface area (TPSA) is 70.7 Å². The minimum atomic E-state index is -0.397. The molecular weight excluding hydrogens is 342 g/mol. The van der Waals surface area contributed by atoms with E-state index in [1.807, 2.05) is 19.2 Å². The summed E-state index contributed by atoms with van der Waals surface area (Å²) in [6.07, 6.45) is 0. The molecule has 27 heavy (non-hydrogen) atoms. The molecule has 0 saturated heterocycles. The summed E-state index contributed by atoms with van der Waals surface area (Å²) in [6.45, 7) is 4.99. The second-order valence-electron chi connectivity index (χ2n) is 6.79. The van der Waals surface area contributed by atoms with Crippen LogP contribution in [0.4, 0.5) is 4.79 Å². The standard InChI is InChI=1S/C21H25N3O3/c1-4-27-20(25)19-14(2)22-21(26)23-18(19)13-24(3)12-15-9-10-16-7-5-6-8-17(16)11-15/h5-11,14H,4,12-13H2,1-3H3,(H2,22,23,26). The van der Waals surface area contributed by atoms with Crippen LogP contribution in [0.1, 0.15) is 19.4 Å². The van der Waals surface area contributed by atoms with Crippen molar-refractivity contribution in [2.45, 2.75) is 26.4 Å². The van der Waals surface area contributed by atoms with Crippen LogP contribution in [-0.4, -0.2) is 43.1 Å². The summed E-state index contributed by atoms with van der Waals surface area (Å²) in [7, 11) is 1.96. The van der Waals surface area contributed by atoms with Crippen molar-refractivity contribution in [3.63, 3.8) is 0 Å². The Hall–Kier alpha value is -2.86. The van der Waals surface area contributed by atoms with Gasteiger partial charge < -0.3 is 15.4 Å². The van der Waals surface area contributed by atoms with Gasteiger partial charge in [0, 0.05) is 18.8 Å². The van der Waals surface area contributed by atoms with E-state index in [-0.39, 0.29) is 12.1 Å². The number of hydrogen-bond acceptors (Lipinski definition) is 4. The highest BCUT2D eigenvalue weighted by molar-refractivity contribution is 5.94. The molecule has 2 amide bonds. The Balaban J connectivity index is 1.78. The SMILES string of the molecule is CCOC(=O)C1=C(CN(C)Cc2ccc3ccccc3c2)NC(=O)NC1C. The molecule has 1 aliphatic heterocycles. The second-order valence-corrected chi connectivity index (χ2v) is 6.79. The molecule has 0 spiro atoms. The molecule has 0 saturated carbocycles. The molecule has 3 rings (SSSR count). The number of esters is 1. The third-order valence-corrected chi connectivity index (χ3v) is 4.56. The minimum absolute atomic E-state index is 0.295. The Kier molecular flexibility index (Phi) is 5.76. The first kappa shape index (κ1) is 18.9. The average molecular weight is 367 g/mol. The highest BCUT2D eigenvalue weighted by Crippen LogP contribution is 2.18. The lowest BCUT2D eigenvalue weighted by atomic mass is 10.0. The van der Waals surface area contributed by atoms with Gasteiger partial charge in [-0.25, -0.2) is 9.59 Å². The normalized spacial score (nSPS) is 17.0. The number of likely N-dealkylation sites (N-methyl/N-ethyl adjacent to an activating group) is 1. The predicted molar refractivity (Wildman–Crippen MR) is 105 cm³/mol. The minimum Gasteiger partial charge on any atom is -0.463 e. The first-order valence-corrected chi connectivity index (χ1v) is 9.12. The van der Waals surface area contributed by atoms with Crippen LogP contribution in [0, 0.1) is 0 Å². The third-order valence-electron chi connectivity index (χ3n) is 4.56. The van der Waals surface area contributed by atoms with E-state index in [4.69, 9.17) is 4.74 Å². The van der Waals surface area contributed by atoms with E-state index in [9.17, 15) is 9.59 Å². The summed E-state index contributed by atoms with van der Waals surface area (Å²) in [6, 6.07) is 13.9. The van der Waals surface area contributed by atoms with Crippen LogP contribution in [0.15, 0.2) is 53.7 Å². The highest BCUT2D eigenvalue weighted by Gasteiger charge is 2.30. The van der Waals surface area contributed by atoms with Crippen LogP contribution in [-0.2, 0) is 16.1 Å². The largest absolute Gasteiger partial charge is 0.463 e. The van der Waals surface area contributed by atoms with Gasteiger partial charge in [-0.2, -0.15) is 0 Å². The van der Waals surface area contributed by atoms with Crippen molar-refractivity contribution in [3.8, 4) is 0 Å². The average Bonchev–Trinajstić information content (AvgIpc) is 2.61. The number of hydrogen-bond donors (Lipinski definition) is 2. The van der Waals surface area contributed by atoms with Crippen LogP contribution >= 0.6 is 0 Å². The smallest absolute Gasteiger partial charge is 0.337 e. The van der Waals surface area contributed by atoms with Crippen LogP contribution in [0.2, 0.25) is 0 Å². The van der Waals surface area contributed by atoms with E-state index in [1.165, 1.54) is 16.3 Å². The Labute approximate surface area is 159 Å². The number of nitrogens with one attached hydrogen (secondary N) is 2. The highest BCUT2D eigenvalue weighted by atomic mass is 16.5. The summed E-state index contributed by atoms with van der Waals surface area (Å²) in [5.74, 6) is -0.397. The quantitative estimate of drug-likeness (QED) is 0.770. The molecule has 1 unspecified atom stereocenters. The van der Waals surface area contributed by atoms with E-state index in [1.54, 1.807) is 13.8 Å². The van der Waals surface area contributed by atoms with Gasteiger partial charge in [0.05, 0.1) is 18.2 Å². The van der Waals surface area contributed by atoms with Gasteiger partial charge in [-0.1, -0.05) is 36.4 Å². The van der Waals surface area contributed by atoms with E-state index < -0.39 is 5.97 Å². The van der Waals surface area contributed by atoms with Gasteiger partial charge in [0.25, 0.3) is 0 Å². The molecule has 1 atom stereocenters. The number of nitrogens with zero attached hydrogens (tertiary/aromatic N) is 1. The molecule has 0 fully saturated rings. The zero-order chi connectivity index (χ0) is 19.4. The molecule has 1 aliphatic rings.